The number of aryl methyl sites for hydroxylation is 1. The maximum absolute atomic E-state index is 11.8. The van der Waals surface area contributed by atoms with Crippen LogP contribution in [0.3, 0.4) is 0 Å². The van der Waals surface area contributed by atoms with E-state index < -0.39 is 0 Å². The second-order valence-corrected chi connectivity index (χ2v) is 5.08. The fourth-order valence-electron chi connectivity index (χ4n) is 1.76. The molecule has 1 aromatic heterocycles. The van der Waals surface area contributed by atoms with Gasteiger partial charge in [-0.3, -0.25) is 4.79 Å². The van der Waals surface area contributed by atoms with Gasteiger partial charge in [0.25, 0.3) is 5.91 Å². The van der Waals surface area contributed by atoms with Gasteiger partial charge in [-0.2, -0.15) is 5.10 Å². The fraction of sp³-hybridized carbons (Fsp3) is 0.333. The zero-order chi connectivity index (χ0) is 15.9. The predicted octanol–water partition coefficient (Wildman–Crippen LogP) is 2.26. The molecule has 0 bridgehead atoms. The van der Waals surface area contributed by atoms with Crippen molar-refractivity contribution in [2.45, 2.75) is 13.7 Å². The summed E-state index contributed by atoms with van der Waals surface area (Å²) >= 11 is 5.96. The van der Waals surface area contributed by atoms with Crippen LogP contribution in [0.1, 0.15) is 16.1 Å². The molecule has 0 atom stereocenters. The lowest BCUT2D eigenvalue weighted by Crippen LogP contribution is -2.27. The van der Waals surface area contributed by atoms with Crippen LogP contribution in [0.15, 0.2) is 30.5 Å². The van der Waals surface area contributed by atoms with E-state index in [9.17, 15) is 4.79 Å². The molecule has 0 spiro atoms. The van der Waals surface area contributed by atoms with Crippen LogP contribution in [0, 0.1) is 6.92 Å². The van der Waals surface area contributed by atoms with Crippen molar-refractivity contribution in [2.24, 2.45) is 0 Å². The van der Waals surface area contributed by atoms with Crippen molar-refractivity contribution in [2.75, 3.05) is 20.3 Å². The van der Waals surface area contributed by atoms with E-state index in [1.807, 2.05) is 13.0 Å². The highest BCUT2D eigenvalue weighted by molar-refractivity contribution is 6.31. The molecule has 0 fully saturated rings. The first-order valence-corrected chi connectivity index (χ1v) is 7.17. The summed E-state index contributed by atoms with van der Waals surface area (Å²) in [6.07, 6.45) is 1.69. The highest BCUT2D eigenvalue weighted by Crippen LogP contribution is 2.21. The highest BCUT2D eigenvalue weighted by Gasteiger charge is 2.09. The van der Waals surface area contributed by atoms with Gasteiger partial charge in [0.1, 0.15) is 11.4 Å². The van der Waals surface area contributed by atoms with Crippen molar-refractivity contribution in [1.29, 1.82) is 0 Å². The largest absolute Gasteiger partial charge is 0.471 e. The van der Waals surface area contributed by atoms with Crippen molar-refractivity contribution in [3.63, 3.8) is 0 Å². The first kappa shape index (κ1) is 16.3. The van der Waals surface area contributed by atoms with Gasteiger partial charge in [0.2, 0.25) is 0 Å². The van der Waals surface area contributed by atoms with E-state index in [-0.39, 0.29) is 12.6 Å². The molecule has 6 nitrogen and oxygen atoms in total. The van der Waals surface area contributed by atoms with Gasteiger partial charge in [-0.15, -0.1) is 0 Å². The molecule has 0 aliphatic rings. The first-order valence-electron chi connectivity index (χ1n) is 6.79. The second-order valence-electron chi connectivity index (χ2n) is 4.67. The van der Waals surface area contributed by atoms with Crippen molar-refractivity contribution >= 4 is 17.5 Å². The Labute approximate surface area is 134 Å². The molecule has 0 aliphatic carbocycles. The van der Waals surface area contributed by atoms with Crippen molar-refractivity contribution in [1.82, 2.24) is 15.1 Å². The summed E-state index contributed by atoms with van der Waals surface area (Å²) < 4.78 is 12.0. The SMILES string of the molecule is COCCNC(=O)c1ccn(COc2ccc(Cl)c(C)c2)n1. The third-order valence-corrected chi connectivity index (χ3v) is 3.38. The van der Waals surface area contributed by atoms with Crippen LogP contribution >= 0.6 is 11.6 Å². The van der Waals surface area contributed by atoms with Gasteiger partial charge in [-0.1, -0.05) is 11.6 Å². The minimum Gasteiger partial charge on any atom is -0.471 e. The smallest absolute Gasteiger partial charge is 0.271 e. The first-order chi connectivity index (χ1) is 10.6. The molecule has 0 saturated carbocycles. The van der Waals surface area contributed by atoms with E-state index in [4.69, 9.17) is 21.1 Å². The monoisotopic (exact) mass is 323 g/mol. The lowest BCUT2D eigenvalue weighted by Gasteiger charge is -2.07. The lowest BCUT2D eigenvalue weighted by atomic mass is 10.2. The van der Waals surface area contributed by atoms with E-state index in [1.165, 1.54) is 0 Å². The third kappa shape index (κ3) is 4.47. The summed E-state index contributed by atoms with van der Waals surface area (Å²) in [5.41, 5.74) is 1.28. The maximum atomic E-state index is 11.8. The molecule has 118 valence electrons. The van der Waals surface area contributed by atoms with E-state index in [0.29, 0.717) is 29.6 Å². The molecule has 0 radical (unpaired) electrons. The zero-order valence-corrected chi connectivity index (χ0v) is 13.3. The van der Waals surface area contributed by atoms with Crippen LogP contribution in [-0.4, -0.2) is 35.9 Å². The average Bonchev–Trinajstić information content (AvgIpc) is 2.98. The molecule has 1 N–H and O–H groups in total. The molecule has 1 amide bonds. The van der Waals surface area contributed by atoms with Gasteiger partial charge in [-0.05, 0) is 36.8 Å². The Morgan fingerprint density at radius 1 is 1.41 bits per heavy atom. The second kappa shape index (κ2) is 7.82. The number of nitrogens with one attached hydrogen (secondary N) is 1. The minimum absolute atomic E-state index is 0.215. The number of amides is 1. The number of carbonyl (C=O) groups is 1. The average molecular weight is 324 g/mol. The van der Waals surface area contributed by atoms with Gasteiger partial charge in [0.05, 0.1) is 6.61 Å². The molecule has 2 rings (SSSR count). The fourth-order valence-corrected chi connectivity index (χ4v) is 1.88. The molecule has 0 unspecified atom stereocenters. The van der Waals surface area contributed by atoms with Crippen LogP contribution in [0.25, 0.3) is 0 Å². The number of rotatable bonds is 7. The van der Waals surface area contributed by atoms with Gasteiger partial charge >= 0.3 is 0 Å². The van der Waals surface area contributed by atoms with E-state index in [1.54, 1.807) is 36.2 Å². The van der Waals surface area contributed by atoms with E-state index in [0.717, 1.165) is 5.56 Å². The molecular weight excluding hydrogens is 306 g/mol. The van der Waals surface area contributed by atoms with E-state index >= 15 is 0 Å². The summed E-state index contributed by atoms with van der Waals surface area (Å²) in [4.78, 5) is 11.8. The van der Waals surface area contributed by atoms with E-state index in [2.05, 4.69) is 10.4 Å². The maximum Gasteiger partial charge on any atom is 0.271 e. The molecule has 7 heteroatoms. The normalized spacial score (nSPS) is 10.5. The Bertz CT molecular complexity index is 643. The molecule has 1 aromatic carbocycles. The van der Waals surface area contributed by atoms with Crippen LogP contribution in [0.5, 0.6) is 5.75 Å². The van der Waals surface area contributed by atoms with Crippen molar-refractivity contribution in [3.05, 3.63) is 46.7 Å². The third-order valence-electron chi connectivity index (χ3n) is 2.96. The molecule has 22 heavy (non-hydrogen) atoms. The number of methoxy groups -OCH3 is 1. The molecule has 2 aromatic rings. The van der Waals surface area contributed by atoms with Gasteiger partial charge < -0.3 is 14.8 Å². The van der Waals surface area contributed by atoms with Gasteiger partial charge in [-0.25, -0.2) is 4.68 Å². The number of benzene rings is 1. The Balaban J connectivity index is 1.88. The number of hydrogen-bond donors (Lipinski definition) is 1. The van der Waals surface area contributed by atoms with Crippen LogP contribution in [0.2, 0.25) is 5.02 Å². The van der Waals surface area contributed by atoms with Crippen LogP contribution < -0.4 is 10.1 Å². The summed E-state index contributed by atoms with van der Waals surface area (Å²) in [7, 11) is 1.58. The predicted molar refractivity (Wildman–Crippen MR) is 83.3 cm³/mol. The zero-order valence-electron chi connectivity index (χ0n) is 12.5. The number of nitrogens with zero attached hydrogens (tertiary/aromatic N) is 2. The minimum atomic E-state index is -0.238. The number of hydrogen-bond acceptors (Lipinski definition) is 4. The lowest BCUT2D eigenvalue weighted by molar-refractivity contribution is 0.0930. The Morgan fingerprint density at radius 3 is 2.95 bits per heavy atom. The standard InChI is InChI=1S/C15H18ClN3O3/c1-11-9-12(3-4-13(11)16)22-10-19-7-5-14(18-19)15(20)17-6-8-21-2/h3-5,7,9H,6,8,10H2,1-2H3,(H,17,20). The summed E-state index contributed by atoms with van der Waals surface area (Å²) in [6.45, 7) is 3.03. The summed E-state index contributed by atoms with van der Waals surface area (Å²) in [6, 6.07) is 7.06. The topological polar surface area (TPSA) is 65.4 Å². The number of carbonyl (C=O) groups excluding carboxylic acids is 1. The summed E-state index contributed by atoms with van der Waals surface area (Å²) in [5.74, 6) is 0.460. The molecule has 1 heterocycles. The quantitative estimate of drug-likeness (QED) is 0.794. The Hall–Kier alpha value is -2.05. The Kier molecular flexibility index (Phi) is 5.80. The van der Waals surface area contributed by atoms with Gasteiger partial charge in [0.15, 0.2) is 6.73 Å². The number of ether oxygens (including phenoxy) is 2. The molecule has 0 aliphatic heterocycles. The molecule has 0 saturated heterocycles. The molecular formula is C15H18ClN3O3. The Morgan fingerprint density at radius 2 is 2.23 bits per heavy atom. The van der Waals surface area contributed by atoms with Crippen LogP contribution in [0.4, 0.5) is 0 Å². The van der Waals surface area contributed by atoms with Crippen LogP contribution in [-0.2, 0) is 11.5 Å². The van der Waals surface area contributed by atoms with Crippen molar-refractivity contribution < 1.29 is 14.3 Å². The summed E-state index contributed by atoms with van der Waals surface area (Å²) in [5, 5.41) is 7.56. The number of halogens is 1. The number of aromatic nitrogens is 2. The van der Waals surface area contributed by atoms with Gasteiger partial charge in [0, 0.05) is 24.9 Å². The highest BCUT2D eigenvalue weighted by atomic mass is 35.5. The van der Waals surface area contributed by atoms with Crippen molar-refractivity contribution in [3.8, 4) is 5.75 Å².